The molecule has 238 valence electrons. The largest absolute Gasteiger partial charge is 0.305 e. The summed E-state index contributed by atoms with van der Waals surface area (Å²) in [7, 11) is 0. The third-order valence-corrected chi connectivity index (χ3v) is 11.5. The fourth-order valence-corrected chi connectivity index (χ4v) is 9.02. The van der Waals surface area contributed by atoms with E-state index in [2.05, 4.69) is 128 Å². The van der Waals surface area contributed by atoms with E-state index in [1.54, 1.807) is 0 Å². The average Bonchev–Trinajstić information content (AvgIpc) is 3.49. The van der Waals surface area contributed by atoms with Gasteiger partial charge in [0.1, 0.15) is 0 Å². The molecule has 0 fully saturated rings. The third kappa shape index (κ3) is 3.39. The molecule has 0 spiro atoms. The Labute approximate surface area is 290 Å². The molecule has 0 aliphatic carbocycles. The van der Waals surface area contributed by atoms with Crippen molar-refractivity contribution in [3.63, 3.8) is 0 Å². The van der Waals surface area contributed by atoms with Gasteiger partial charge in [0.05, 0.1) is 33.8 Å². The van der Waals surface area contributed by atoms with Crippen LogP contribution in [0.3, 0.4) is 0 Å². The molecule has 0 bridgehead atoms. The molecule has 2 aromatic heterocycles. The smallest absolute Gasteiger partial charge is 0.164 e. The van der Waals surface area contributed by atoms with E-state index >= 15 is 0 Å². The van der Waals surface area contributed by atoms with Crippen LogP contribution in [0.5, 0.6) is 0 Å². The molecule has 0 saturated carbocycles. The van der Waals surface area contributed by atoms with E-state index in [9.17, 15) is 0 Å². The minimum atomic E-state index is -0.162. The second-order valence-electron chi connectivity index (χ2n) is 14.9. The molecule has 0 amide bonds. The number of fused-ring (bicyclic) bond motifs is 4. The van der Waals surface area contributed by atoms with Crippen LogP contribution >= 0.6 is 0 Å². The zero-order valence-corrected chi connectivity index (χ0v) is 28.4. The number of nitrogens with zero attached hydrogens (tertiary/aromatic N) is 5. The van der Waals surface area contributed by atoms with Crippen molar-refractivity contribution in [2.24, 2.45) is 0 Å². The van der Waals surface area contributed by atoms with Gasteiger partial charge in [0.15, 0.2) is 17.5 Å². The molecular formula is C45H33N5. The summed E-state index contributed by atoms with van der Waals surface area (Å²) in [6.45, 7) is 9.55. The number of para-hydroxylation sites is 2. The highest BCUT2D eigenvalue weighted by molar-refractivity contribution is 6.19. The van der Waals surface area contributed by atoms with Gasteiger partial charge in [-0.15, -0.1) is 0 Å². The minimum Gasteiger partial charge on any atom is -0.305 e. The first kappa shape index (κ1) is 27.8. The Bertz CT molecular complexity index is 2680. The van der Waals surface area contributed by atoms with E-state index in [0.29, 0.717) is 17.5 Å². The van der Waals surface area contributed by atoms with Crippen LogP contribution in [0.2, 0.25) is 0 Å². The van der Waals surface area contributed by atoms with Gasteiger partial charge in [-0.3, -0.25) is 0 Å². The first-order valence-electron chi connectivity index (χ1n) is 17.4. The Hall–Kier alpha value is -6.07. The monoisotopic (exact) mass is 643 g/mol. The lowest BCUT2D eigenvalue weighted by atomic mass is 9.66. The summed E-state index contributed by atoms with van der Waals surface area (Å²) < 4.78 is 2.52. The standard InChI is InChI=1S/C45H33N5/c1-44(2)31-17-11-18-32-38(31)50-39-33(44)19-12-20-36(39)49-35-24-21-28(25-30(35)29-22-23-34(45(32,3)4)40(50)37(29)49)43-47-41(26-13-7-5-8-14-26)46-42(48-43)27-15-9-6-10-16-27/h5-25H,1-4H3. The summed E-state index contributed by atoms with van der Waals surface area (Å²) in [6.07, 6.45) is 0. The zero-order chi connectivity index (χ0) is 33.5. The Morgan fingerprint density at radius 3 is 1.60 bits per heavy atom. The molecule has 5 heteroatoms. The molecule has 8 aromatic rings. The normalized spacial score (nSPS) is 15.5. The molecule has 0 saturated heterocycles. The highest BCUT2D eigenvalue weighted by Gasteiger charge is 2.49. The Balaban J connectivity index is 1.21. The van der Waals surface area contributed by atoms with Crippen LogP contribution < -0.4 is 4.90 Å². The maximum atomic E-state index is 5.07. The Morgan fingerprint density at radius 2 is 0.980 bits per heavy atom. The second kappa shape index (κ2) is 9.33. The van der Waals surface area contributed by atoms with Gasteiger partial charge in [-0.1, -0.05) is 131 Å². The first-order valence-corrected chi connectivity index (χ1v) is 17.4. The fourth-order valence-electron chi connectivity index (χ4n) is 9.02. The van der Waals surface area contributed by atoms with E-state index in [1.165, 1.54) is 66.8 Å². The van der Waals surface area contributed by atoms with Crippen LogP contribution in [0, 0.1) is 0 Å². The van der Waals surface area contributed by atoms with E-state index in [0.717, 1.165) is 16.7 Å². The molecular weight excluding hydrogens is 611 g/mol. The number of aromatic nitrogens is 4. The third-order valence-electron chi connectivity index (χ3n) is 11.5. The Morgan fingerprint density at radius 1 is 0.440 bits per heavy atom. The van der Waals surface area contributed by atoms with Crippen LogP contribution in [0.4, 0.5) is 17.1 Å². The molecule has 3 aliphatic heterocycles. The first-order chi connectivity index (χ1) is 24.3. The maximum absolute atomic E-state index is 5.07. The van der Waals surface area contributed by atoms with Crippen molar-refractivity contribution in [3.8, 4) is 39.9 Å². The lowest BCUT2D eigenvalue weighted by Gasteiger charge is -2.51. The minimum absolute atomic E-state index is 0.145. The quantitative estimate of drug-likeness (QED) is 0.192. The summed E-state index contributed by atoms with van der Waals surface area (Å²) >= 11 is 0. The van der Waals surface area contributed by atoms with Gasteiger partial charge in [-0.2, -0.15) is 0 Å². The van der Waals surface area contributed by atoms with Crippen LogP contribution in [0.1, 0.15) is 49.9 Å². The van der Waals surface area contributed by atoms with E-state index in [1.807, 2.05) is 36.4 Å². The van der Waals surface area contributed by atoms with Crippen molar-refractivity contribution in [2.45, 2.75) is 38.5 Å². The van der Waals surface area contributed by atoms with Gasteiger partial charge in [-0.25, -0.2) is 15.0 Å². The van der Waals surface area contributed by atoms with E-state index < -0.39 is 0 Å². The molecule has 3 aliphatic rings. The second-order valence-corrected chi connectivity index (χ2v) is 14.9. The summed E-state index contributed by atoms with van der Waals surface area (Å²) in [4.78, 5) is 17.7. The highest BCUT2D eigenvalue weighted by atomic mass is 15.2. The van der Waals surface area contributed by atoms with Crippen LogP contribution in [0.15, 0.2) is 127 Å². The number of benzene rings is 6. The molecule has 5 nitrogen and oxygen atoms in total. The van der Waals surface area contributed by atoms with Crippen molar-refractivity contribution >= 4 is 38.9 Å². The van der Waals surface area contributed by atoms with E-state index in [4.69, 9.17) is 15.0 Å². The lowest BCUT2D eigenvalue weighted by molar-refractivity contribution is 0.596. The van der Waals surface area contributed by atoms with Gasteiger partial charge >= 0.3 is 0 Å². The summed E-state index contributed by atoms with van der Waals surface area (Å²) in [5, 5.41) is 2.43. The summed E-state index contributed by atoms with van der Waals surface area (Å²) in [6, 6.07) is 45.6. The van der Waals surface area contributed by atoms with Crippen molar-refractivity contribution in [1.29, 1.82) is 0 Å². The molecule has 0 N–H and O–H groups in total. The molecule has 0 unspecified atom stereocenters. The predicted molar refractivity (Wildman–Crippen MR) is 203 cm³/mol. The molecule has 6 aromatic carbocycles. The number of anilines is 3. The molecule has 0 atom stereocenters. The topological polar surface area (TPSA) is 46.8 Å². The van der Waals surface area contributed by atoms with Crippen molar-refractivity contribution in [2.75, 3.05) is 4.90 Å². The van der Waals surface area contributed by atoms with Crippen molar-refractivity contribution < 1.29 is 0 Å². The average molecular weight is 644 g/mol. The van der Waals surface area contributed by atoms with E-state index in [-0.39, 0.29) is 10.8 Å². The SMILES string of the molecule is CC1(C)c2cccc3c2N2c4c1cccc4C(C)(C)c1ccc4c5cc(-c6nc(-c7ccccc7)nc(-c7ccccc7)n6)ccc5n-3c4c12. The fraction of sp³-hybridized carbons (Fsp3) is 0.133. The Kier molecular flexibility index (Phi) is 5.20. The van der Waals surface area contributed by atoms with Gasteiger partial charge < -0.3 is 9.47 Å². The highest BCUT2D eigenvalue weighted by Crippen LogP contribution is 2.64. The lowest BCUT2D eigenvalue weighted by Crippen LogP contribution is -2.40. The summed E-state index contributed by atoms with van der Waals surface area (Å²) in [5.41, 5.74) is 15.7. The number of hydrogen-bond acceptors (Lipinski definition) is 4. The number of hydrogen-bond donors (Lipinski definition) is 0. The van der Waals surface area contributed by atoms with Gasteiger partial charge in [0.2, 0.25) is 0 Å². The van der Waals surface area contributed by atoms with Gasteiger partial charge in [-0.05, 0) is 46.5 Å². The number of rotatable bonds is 3. The zero-order valence-electron chi connectivity index (χ0n) is 28.4. The van der Waals surface area contributed by atoms with Gasteiger partial charge in [0.25, 0.3) is 0 Å². The predicted octanol–water partition coefficient (Wildman–Crippen LogP) is 11.0. The van der Waals surface area contributed by atoms with Crippen LogP contribution in [0.25, 0.3) is 61.7 Å². The molecule has 11 rings (SSSR count). The summed E-state index contributed by atoms with van der Waals surface area (Å²) in [5.74, 6) is 1.99. The molecule has 5 heterocycles. The van der Waals surface area contributed by atoms with Crippen LogP contribution in [-0.4, -0.2) is 19.5 Å². The van der Waals surface area contributed by atoms with Crippen molar-refractivity contribution in [1.82, 2.24) is 19.5 Å². The van der Waals surface area contributed by atoms with Crippen molar-refractivity contribution in [3.05, 3.63) is 150 Å². The van der Waals surface area contributed by atoms with Gasteiger partial charge in [0, 0.05) is 38.3 Å². The molecule has 0 radical (unpaired) electrons. The maximum Gasteiger partial charge on any atom is 0.164 e. The molecule has 50 heavy (non-hydrogen) atoms. The van der Waals surface area contributed by atoms with Crippen LogP contribution in [-0.2, 0) is 10.8 Å².